The monoisotopic (exact) mass is 260 g/mol. The first-order valence-electron chi connectivity index (χ1n) is 5.27. The second-order valence-corrected chi connectivity index (χ2v) is 4.07. The van der Waals surface area contributed by atoms with Crippen LogP contribution in [0.3, 0.4) is 0 Å². The summed E-state index contributed by atoms with van der Waals surface area (Å²) in [6.45, 7) is 0. The van der Waals surface area contributed by atoms with Crippen LogP contribution in [0.15, 0.2) is 12.4 Å². The van der Waals surface area contributed by atoms with Crippen molar-refractivity contribution in [2.75, 3.05) is 12.4 Å². The molecule has 0 aromatic carbocycles. The highest BCUT2D eigenvalue weighted by Gasteiger charge is 2.64. The van der Waals surface area contributed by atoms with Gasteiger partial charge in [0.2, 0.25) is 0 Å². The van der Waals surface area contributed by atoms with Crippen molar-refractivity contribution in [2.45, 2.75) is 24.6 Å². The van der Waals surface area contributed by atoms with Crippen LogP contribution < -0.4 is 10.6 Å². The Morgan fingerprint density at radius 1 is 1.39 bits per heavy atom. The first kappa shape index (κ1) is 12.6. The van der Waals surface area contributed by atoms with Crippen LogP contribution >= 0.6 is 0 Å². The van der Waals surface area contributed by atoms with Crippen molar-refractivity contribution < 1.29 is 18.0 Å². The van der Waals surface area contributed by atoms with Gasteiger partial charge >= 0.3 is 6.18 Å². The number of hydrogen-bond acceptors (Lipinski definition) is 4. The number of rotatable bonds is 3. The molecule has 1 saturated carbocycles. The molecule has 1 aliphatic carbocycles. The lowest BCUT2D eigenvalue weighted by molar-refractivity contribution is -0.163. The number of carbonyl (C=O) groups is 1. The Hall–Kier alpha value is -1.86. The van der Waals surface area contributed by atoms with Crippen LogP contribution in [0.4, 0.5) is 19.0 Å². The molecule has 2 rings (SSSR count). The molecule has 0 spiro atoms. The molecule has 0 aliphatic heterocycles. The topological polar surface area (TPSA) is 66.9 Å². The Balaban J connectivity index is 2.13. The molecule has 2 N–H and O–H groups in total. The molecule has 1 amide bonds. The zero-order valence-electron chi connectivity index (χ0n) is 9.51. The van der Waals surface area contributed by atoms with E-state index in [4.69, 9.17) is 0 Å². The minimum atomic E-state index is -4.43. The van der Waals surface area contributed by atoms with Gasteiger partial charge in [0, 0.05) is 7.05 Å². The van der Waals surface area contributed by atoms with Crippen LogP contribution in [0.25, 0.3) is 0 Å². The number of carbonyl (C=O) groups excluding carboxylic acids is 1. The fourth-order valence-corrected chi connectivity index (χ4v) is 1.48. The van der Waals surface area contributed by atoms with E-state index in [1.54, 1.807) is 7.05 Å². The second-order valence-electron chi connectivity index (χ2n) is 4.07. The molecule has 5 nitrogen and oxygen atoms in total. The lowest BCUT2D eigenvalue weighted by atomic mass is 10.2. The molecule has 0 saturated heterocycles. The molecule has 18 heavy (non-hydrogen) atoms. The maximum Gasteiger partial charge on any atom is 0.411 e. The van der Waals surface area contributed by atoms with Crippen molar-refractivity contribution in [1.82, 2.24) is 15.3 Å². The molecular weight excluding hydrogens is 249 g/mol. The summed E-state index contributed by atoms with van der Waals surface area (Å²) in [7, 11) is 1.57. The van der Waals surface area contributed by atoms with E-state index in [0.717, 1.165) is 6.20 Å². The summed E-state index contributed by atoms with van der Waals surface area (Å²) in [6, 6.07) is 0. The van der Waals surface area contributed by atoms with Crippen molar-refractivity contribution in [3.8, 4) is 0 Å². The van der Waals surface area contributed by atoms with Crippen molar-refractivity contribution in [3.63, 3.8) is 0 Å². The molecule has 1 aromatic heterocycles. The van der Waals surface area contributed by atoms with Gasteiger partial charge in [-0.1, -0.05) is 0 Å². The quantitative estimate of drug-likeness (QED) is 0.860. The maximum atomic E-state index is 12.7. The van der Waals surface area contributed by atoms with Crippen LogP contribution in [-0.4, -0.2) is 34.6 Å². The lowest BCUT2D eigenvalue weighted by Gasteiger charge is -2.20. The molecular formula is C10H11F3N4O. The lowest BCUT2D eigenvalue weighted by Crippen LogP contribution is -2.48. The molecule has 0 bridgehead atoms. The maximum absolute atomic E-state index is 12.7. The molecule has 98 valence electrons. The van der Waals surface area contributed by atoms with Gasteiger partial charge < -0.3 is 10.6 Å². The Labute approximate surface area is 101 Å². The standard InChI is InChI=1S/C10H11F3N4O/c1-14-7-5-15-4-6(16-7)8(18)17-9(2-3-9)10(11,12)13/h4-5H,2-3H2,1H3,(H,14,16)(H,17,18). The van der Waals surface area contributed by atoms with E-state index in [1.807, 2.05) is 5.32 Å². The highest BCUT2D eigenvalue weighted by atomic mass is 19.4. The summed E-state index contributed by atoms with van der Waals surface area (Å²) in [4.78, 5) is 19.2. The van der Waals surface area contributed by atoms with E-state index in [9.17, 15) is 18.0 Å². The van der Waals surface area contributed by atoms with Crippen molar-refractivity contribution in [1.29, 1.82) is 0 Å². The van der Waals surface area contributed by atoms with Gasteiger partial charge in [0.15, 0.2) is 0 Å². The molecule has 0 atom stereocenters. The number of hydrogen-bond donors (Lipinski definition) is 2. The van der Waals surface area contributed by atoms with Gasteiger partial charge in [-0.3, -0.25) is 9.78 Å². The second kappa shape index (κ2) is 4.11. The first-order chi connectivity index (χ1) is 8.38. The number of amides is 1. The van der Waals surface area contributed by atoms with Crippen molar-refractivity contribution in [2.24, 2.45) is 0 Å². The van der Waals surface area contributed by atoms with Crippen LogP contribution in [0.2, 0.25) is 0 Å². The largest absolute Gasteiger partial charge is 0.411 e. The first-order valence-corrected chi connectivity index (χ1v) is 5.27. The van der Waals surface area contributed by atoms with Gasteiger partial charge in [-0.05, 0) is 12.8 Å². The van der Waals surface area contributed by atoms with Crippen LogP contribution in [-0.2, 0) is 0 Å². The summed E-state index contributed by atoms with van der Waals surface area (Å²) in [5.41, 5.74) is -2.22. The van der Waals surface area contributed by atoms with Gasteiger partial charge in [0.1, 0.15) is 17.1 Å². The van der Waals surface area contributed by atoms with Gasteiger partial charge in [0.05, 0.1) is 12.4 Å². The minimum absolute atomic E-state index is 0.0958. The molecule has 1 heterocycles. The zero-order chi connectivity index (χ0) is 13.4. The van der Waals surface area contributed by atoms with Crippen molar-refractivity contribution >= 4 is 11.7 Å². The molecule has 0 unspecified atom stereocenters. The Bertz CT molecular complexity index is 470. The third-order valence-corrected chi connectivity index (χ3v) is 2.77. The predicted octanol–water partition coefficient (Wildman–Crippen LogP) is 1.34. The molecule has 1 aliphatic rings. The summed E-state index contributed by atoms with van der Waals surface area (Å²) < 4.78 is 38.0. The number of anilines is 1. The van der Waals surface area contributed by atoms with Crippen LogP contribution in [0.5, 0.6) is 0 Å². The molecule has 8 heteroatoms. The van der Waals surface area contributed by atoms with E-state index >= 15 is 0 Å². The van der Waals surface area contributed by atoms with Gasteiger partial charge in [-0.2, -0.15) is 13.2 Å². The molecule has 1 fully saturated rings. The molecule has 0 radical (unpaired) electrons. The van der Waals surface area contributed by atoms with Crippen LogP contribution in [0.1, 0.15) is 23.3 Å². The number of nitrogens with zero attached hydrogens (tertiary/aromatic N) is 2. The van der Waals surface area contributed by atoms with E-state index in [-0.39, 0.29) is 18.5 Å². The van der Waals surface area contributed by atoms with E-state index in [2.05, 4.69) is 15.3 Å². The van der Waals surface area contributed by atoms with Gasteiger partial charge in [0.25, 0.3) is 5.91 Å². The SMILES string of the molecule is CNc1cncc(C(=O)NC2(C(F)(F)F)CC2)n1. The highest BCUT2D eigenvalue weighted by molar-refractivity contribution is 5.93. The van der Waals surface area contributed by atoms with Crippen LogP contribution in [0, 0.1) is 0 Å². The van der Waals surface area contributed by atoms with E-state index in [1.165, 1.54) is 6.20 Å². The summed E-state index contributed by atoms with van der Waals surface area (Å²) in [5, 5.41) is 4.64. The summed E-state index contributed by atoms with van der Waals surface area (Å²) in [5.74, 6) is -0.547. The average Bonchev–Trinajstić information content (AvgIpc) is 3.09. The smallest absolute Gasteiger partial charge is 0.372 e. The minimum Gasteiger partial charge on any atom is -0.372 e. The Morgan fingerprint density at radius 3 is 2.56 bits per heavy atom. The zero-order valence-corrected chi connectivity index (χ0v) is 9.51. The number of aromatic nitrogens is 2. The predicted molar refractivity (Wildman–Crippen MR) is 57.1 cm³/mol. The summed E-state index contributed by atoms with van der Waals surface area (Å²) in [6.07, 6.45) is -2.13. The molecule has 1 aromatic rings. The third-order valence-electron chi connectivity index (χ3n) is 2.77. The highest BCUT2D eigenvalue weighted by Crippen LogP contribution is 2.48. The Kier molecular flexibility index (Phi) is 2.88. The van der Waals surface area contributed by atoms with E-state index < -0.39 is 17.6 Å². The van der Waals surface area contributed by atoms with Gasteiger partial charge in [-0.15, -0.1) is 0 Å². The third kappa shape index (κ3) is 2.22. The van der Waals surface area contributed by atoms with Crippen molar-refractivity contribution in [3.05, 3.63) is 18.1 Å². The normalized spacial score (nSPS) is 17.1. The fraction of sp³-hybridized carbons (Fsp3) is 0.500. The average molecular weight is 260 g/mol. The number of nitrogens with one attached hydrogen (secondary N) is 2. The summed E-state index contributed by atoms with van der Waals surface area (Å²) >= 11 is 0. The van der Waals surface area contributed by atoms with E-state index in [0.29, 0.717) is 5.82 Å². The Morgan fingerprint density at radius 2 is 2.06 bits per heavy atom. The van der Waals surface area contributed by atoms with Gasteiger partial charge in [-0.25, -0.2) is 4.98 Å². The fourth-order valence-electron chi connectivity index (χ4n) is 1.48. The number of alkyl halides is 3. The number of halogens is 3.